The zero-order chi connectivity index (χ0) is 26.3. The average Bonchev–Trinajstić information content (AvgIpc) is 2.88. The first kappa shape index (κ1) is 27.2. The van der Waals surface area contributed by atoms with Crippen molar-refractivity contribution in [2.24, 2.45) is 0 Å². The van der Waals surface area contributed by atoms with Crippen LogP contribution in [0.4, 0.5) is 0 Å². The van der Waals surface area contributed by atoms with Crippen molar-refractivity contribution in [1.82, 2.24) is 10.6 Å². The van der Waals surface area contributed by atoms with E-state index in [-0.39, 0.29) is 6.42 Å². The standard InChI is InChI=1S/C25H30N2O9/c28-13-22(32)27-18-14-36-25(24(34)35,11-19(18)29)23(33)20(30)12-26-21(31)10-15-6-8-17(9-7-15)16-4-2-1-3-5-16/h1-9,18-20,23,28-30,33H,10-14H2,(H,26,31)(H,27,32)(H,34,35)/t18?,19?,20-,23-,25?/m1/s1. The van der Waals surface area contributed by atoms with Crippen molar-refractivity contribution in [3.8, 4) is 11.1 Å². The third-order valence-electron chi connectivity index (χ3n) is 6.13. The van der Waals surface area contributed by atoms with Gasteiger partial charge in [0.15, 0.2) is 5.60 Å². The summed E-state index contributed by atoms with van der Waals surface area (Å²) in [7, 11) is 0. The maximum atomic E-state index is 12.4. The molecule has 0 aliphatic carbocycles. The number of carboxylic acids is 1. The molecule has 0 bridgehead atoms. The molecule has 1 aliphatic rings. The molecule has 2 aromatic rings. The Hall–Kier alpha value is -3.35. The normalized spacial score (nSPS) is 23.3. The molecule has 194 valence electrons. The Morgan fingerprint density at radius 2 is 1.64 bits per heavy atom. The minimum absolute atomic E-state index is 0.00338. The highest BCUT2D eigenvalue weighted by Crippen LogP contribution is 2.31. The van der Waals surface area contributed by atoms with Crippen LogP contribution in [0.2, 0.25) is 0 Å². The molecule has 2 amide bonds. The van der Waals surface area contributed by atoms with Gasteiger partial charge in [0.2, 0.25) is 11.8 Å². The van der Waals surface area contributed by atoms with Crippen LogP contribution in [0.1, 0.15) is 12.0 Å². The van der Waals surface area contributed by atoms with E-state index in [2.05, 4.69) is 10.6 Å². The molecule has 0 aromatic heterocycles. The number of nitrogens with one attached hydrogen (secondary N) is 2. The lowest BCUT2D eigenvalue weighted by atomic mass is 9.82. The maximum absolute atomic E-state index is 12.4. The zero-order valence-corrected chi connectivity index (χ0v) is 19.4. The summed E-state index contributed by atoms with van der Waals surface area (Å²) in [5, 5.41) is 54.6. The van der Waals surface area contributed by atoms with Crippen LogP contribution in [0, 0.1) is 0 Å². The van der Waals surface area contributed by atoms with Crippen molar-refractivity contribution >= 4 is 17.8 Å². The maximum Gasteiger partial charge on any atom is 0.338 e. The number of amides is 2. The molecular formula is C25H30N2O9. The second-order valence-corrected chi connectivity index (χ2v) is 8.67. The highest BCUT2D eigenvalue weighted by Gasteiger charge is 2.54. The minimum atomic E-state index is -2.36. The highest BCUT2D eigenvalue weighted by molar-refractivity contribution is 5.80. The summed E-state index contributed by atoms with van der Waals surface area (Å²) in [5.74, 6) is -2.86. The monoisotopic (exact) mass is 502 g/mol. The number of carbonyl (C=O) groups excluding carboxylic acids is 2. The van der Waals surface area contributed by atoms with E-state index in [9.17, 15) is 34.8 Å². The summed E-state index contributed by atoms with van der Waals surface area (Å²) in [6.45, 7) is -1.76. The van der Waals surface area contributed by atoms with Crippen molar-refractivity contribution in [2.45, 2.75) is 42.8 Å². The molecule has 11 nitrogen and oxygen atoms in total. The van der Waals surface area contributed by atoms with Gasteiger partial charge in [0.05, 0.1) is 25.2 Å². The first-order valence-corrected chi connectivity index (χ1v) is 11.4. The van der Waals surface area contributed by atoms with Crippen LogP contribution < -0.4 is 10.6 Å². The molecule has 1 fully saturated rings. The first-order chi connectivity index (χ1) is 17.2. The predicted octanol–water partition coefficient (Wildman–Crippen LogP) is -1.18. The number of carboxylic acid groups (broad SMARTS) is 1. The van der Waals surface area contributed by atoms with Gasteiger partial charge in [-0.2, -0.15) is 0 Å². The summed E-state index contributed by atoms with van der Waals surface area (Å²) in [4.78, 5) is 35.6. The Kier molecular flexibility index (Phi) is 9.13. The molecule has 3 rings (SSSR count). The lowest BCUT2D eigenvalue weighted by molar-refractivity contribution is -0.220. The average molecular weight is 503 g/mol. The Morgan fingerprint density at radius 3 is 2.22 bits per heavy atom. The second kappa shape index (κ2) is 12.1. The van der Waals surface area contributed by atoms with E-state index in [1.54, 1.807) is 12.1 Å². The van der Waals surface area contributed by atoms with Crippen LogP contribution >= 0.6 is 0 Å². The van der Waals surface area contributed by atoms with Crippen LogP contribution in [0.15, 0.2) is 54.6 Å². The van der Waals surface area contributed by atoms with Gasteiger partial charge >= 0.3 is 5.97 Å². The molecule has 0 spiro atoms. The quantitative estimate of drug-likeness (QED) is 0.210. The summed E-state index contributed by atoms with van der Waals surface area (Å²) in [6, 6.07) is 16.1. The number of ether oxygens (including phenoxy) is 1. The van der Waals surface area contributed by atoms with Crippen molar-refractivity contribution in [1.29, 1.82) is 0 Å². The summed E-state index contributed by atoms with van der Waals surface area (Å²) >= 11 is 0. The number of hydrogen-bond donors (Lipinski definition) is 7. The fourth-order valence-electron chi connectivity index (χ4n) is 4.07. The summed E-state index contributed by atoms with van der Waals surface area (Å²) in [6.07, 6.45) is -5.78. The molecule has 0 saturated carbocycles. The molecule has 3 unspecified atom stereocenters. The number of rotatable bonds is 10. The highest BCUT2D eigenvalue weighted by atomic mass is 16.5. The van der Waals surface area contributed by atoms with E-state index in [1.165, 1.54) is 0 Å². The van der Waals surface area contributed by atoms with Gasteiger partial charge in [-0.3, -0.25) is 9.59 Å². The van der Waals surface area contributed by atoms with Crippen LogP contribution in [0.25, 0.3) is 11.1 Å². The summed E-state index contributed by atoms with van der Waals surface area (Å²) in [5.41, 5.74) is 0.385. The Balaban J connectivity index is 1.55. The Labute approximate surface area is 207 Å². The van der Waals surface area contributed by atoms with Crippen molar-refractivity contribution in [2.75, 3.05) is 19.8 Å². The number of aliphatic carboxylic acids is 1. The van der Waals surface area contributed by atoms with Crippen molar-refractivity contribution < 1.29 is 44.7 Å². The van der Waals surface area contributed by atoms with Gasteiger partial charge in [-0.1, -0.05) is 54.6 Å². The van der Waals surface area contributed by atoms with Crippen LogP contribution in [-0.2, 0) is 25.5 Å². The van der Waals surface area contributed by atoms with E-state index in [0.717, 1.165) is 16.7 Å². The summed E-state index contributed by atoms with van der Waals surface area (Å²) < 4.78 is 5.31. The Morgan fingerprint density at radius 1 is 1.00 bits per heavy atom. The molecule has 0 radical (unpaired) electrons. The Bertz CT molecular complexity index is 1050. The fraction of sp³-hybridized carbons (Fsp3) is 0.400. The first-order valence-electron chi connectivity index (χ1n) is 11.4. The smallest absolute Gasteiger partial charge is 0.338 e. The zero-order valence-electron chi connectivity index (χ0n) is 19.4. The second-order valence-electron chi connectivity index (χ2n) is 8.67. The van der Waals surface area contributed by atoms with E-state index >= 15 is 0 Å². The number of aliphatic hydroxyl groups is 4. The van der Waals surface area contributed by atoms with Crippen molar-refractivity contribution in [3.05, 3.63) is 60.2 Å². The molecule has 7 N–H and O–H groups in total. The van der Waals surface area contributed by atoms with Gasteiger partial charge in [0.25, 0.3) is 0 Å². The van der Waals surface area contributed by atoms with E-state index in [0.29, 0.717) is 0 Å². The topological polar surface area (TPSA) is 186 Å². The molecule has 2 aromatic carbocycles. The van der Waals surface area contributed by atoms with Crippen LogP contribution in [-0.4, -0.2) is 93.0 Å². The van der Waals surface area contributed by atoms with Crippen LogP contribution in [0.3, 0.4) is 0 Å². The lowest BCUT2D eigenvalue weighted by Gasteiger charge is -2.43. The fourth-order valence-corrected chi connectivity index (χ4v) is 4.07. The lowest BCUT2D eigenvalue weighted by Crippen LogP contribution is -2.66. The van der Waals surface area contributed by atoms with Crippen molar-refractivity contribution in [3.63, 3.8) is 0 Å². The largest absolute Gasteiger partial charge is 0.479 e. The number of hydrogen-bond acceptors (Lipinski definition) is 8. The molecule has 36 heavy (non-hydrogen) atoms. The molecule has 1 heterocycles. The predicted molar refractivity (Wildman–Crippen MR) is 127 cm³/mol. The van der Waals surface area contributed by atoms with Gasteiger partial charge in [-0.15, -0.1) is 0 Å². The SMILES string of the molecule is O=C(Cc1ccc(-c2ccccc2)cc1)NC[C@@H](O)[C@@H](O)C1(C(=O)O)CC(O)C(NC(=O)CO)CO1. The number of benzene rings is 2. The van der Waals surface area contributed by atoms with Gasteiger partial charge in [0.1, 0.15) is 18.8 Å². The van der Waals surface area contributed by atoms with Crippen LogP contribution in [0.5, 0.6) is 0 Å². The van der Waals surface area contributed by atoms with E-state index in [1.807, 2.05) is 42.5 Å². The third-order valence-corrected chi connectivity index (χ3v) is 6.13. The van der Waals surface area contributed by atoms with E-state index in [4.69, 9.17) is 9.84 Å². The molecule has 11 heteroatoms. The number of aliphatic hydroxyl groups excluding tert-OH is 4. The minimum Gasteiger partial charge on any atom is -0.479 e. The van der Waals surface area contributed by atoms with Gasteiger partial charge < -0.3 is 40.9 Å². The van der Waals surface area contributed by atoms with E-state index < -0.39 is 73.9 Å². The molecule has 1 saturated heterocycles. The third kappa shape index (κ3) is 6.45. The van der Waals surface area contributed by atoms with Gasteiger partial charge in [0, 0.05) is 13.0 Å². The number of carbonyl (C=O) groups is 3. The molecular weight excluding hydrogens is 472 g/mol. The molecule has 1 aliphatic heterocycles. The molecule has 5 atom stereocenters. The van der Waals surface area contributed by atoms with Gasteiger partial charge in [-0.25, -0.2) is 4.79 Å². The van der Waals surface area contributed by atoms with Gasteiger partial charge in [-0.05, 0) is 16.7 Å².